The molecule has 0 saturated heterocycles. The number of rotatable bonds is 16. The lowest BCUT2D eigenvalue weighted by Gasteiger charge is -2.19. The SMILES string of the molecule is C=C(/C=C\C(=C/C)C(=O)N[C@@H](Cc1ccc(-c2nnc(-c3ccc(OCCCCCCC)cc3)s2)c(F)c1)C(=O)O)C(C)(C)C. The number of unbranched alkanes of at least 4 members (excludes halogenated alkanes) is 4. The minimum absolute atomic E-state index is 0.0950. The number of nitrogens with zero attached hydrogens (tertiary/aromatic N) is 2. The van der Waals surface area contributed by atoms with Crippen LogP contribution in [0.1, 0.15) is 72.3 Å². The van der Waals surface area contributed by atoms with Crippen molar-refractivity contribution in [3.05, 3.63) is 89.8 Å². The van der Waals surface area contributed by atoms with Crippen molar-refractivity contribution in [2.75, 3.05) is 6.61 Å². The van der Waals surface area contributed by atoms with Crippen LogP contribution in [0.3, 0.4) is 0 Å². The number of hydrogen-bond acceptors (Lipinski definition) is 6. The zero-order valence-corrected chi connectivity index (χ0v) is 27.7. The smallest absolute Gasteiger partial charge is 0.326 e. The van der Waals surface area contributed by atoms with Crippen LogP contribution in [0.2, 0.25) is 0 Å². The summed E-state index contributed by atoms with van der Waals surface area (Å²) in [6.45, 7) is 14.6. The lowest BCUT2D eigenvalue weighted by atomic mass is 9.87. The molecule has 0 aliphatic carbocycles. The predicted octanol–water partition coefficient (Wildman–Crippen LogP) is 8.58. The summed E-state index contributed by atoms with van der Waals surface area (Å²) in [5.74, 6) is -1.51. The lowest BCUT2D eigenvalue weighted by molar-refractivity contribution is -0.141. The highest BCUT2D eigenvalue weighted by molar-refractivity contribution is 7.17. The highest BCUT2D eigenvalue weighted by Gasteiger charge is 2.23. The monoisotopic (exact) mass is 633 g/mol. The summed E-state index contributed by atoms with van der Waals surface area (Å²) in [6, 6.07) is 10.8. The van der Waals surface area contributed by atoms with Crippen LogP contribution in [0.5, 0.6) is 5.75 Å². The summed E-state index contributed by atoms with van der Waals surface area (Å²) < 4.78 is 21.1. The maximum absolute atomic E-state index is 15.2. The zero-order chi connectivity index (χ0) is 33.0. The fraction of sp³-hybridized carbons (Fsp3) is 0.389. The summed E-state index contributed by atoms with van der Waals surface area (Å²) in [5.41, 5.74) is 2.50. The molecule has 0 spiro atoms. The topological polar surface area (TPSA) is 101 Å². The summed E-state index contributed by atoms with van der Waals surface area (Å²) in [5, 5.41) is 21.8. The minimum atomic E-state index is -1.25. The molecule has 0 fully saturated rings. The van der Waals surface area contributed by atoms with Crippen LogP contribution in [0.15, 0.2) is 78.4 Å². The van der Waals surface area contributed by atoms with Crippen molar-refractivity contribution in [2.24, 2.45) is 5.41 Å². The minimum Gasteiger partial charge on any atom is -0.494 e. The van der Waals surface area contributed by atoms with Gasteiger partial charge in [0.15, 0.2) is 5.01 Å². The van der Waals surface area contributed by atoms with Gasteiger partial charge >= 0.3 is 5.97 Å². The fourth-order valence-electron chi connectivity index (χ4n) is 4.32. The van der Waals surface area contributed by atoms with E-state index >= 15 is 4.39 Å². The van der Waals surface area contributed by atoms with E-state index in [1.807, 2.05) is 45.0 Å². The second-order valence-electron chi connectivity index (χ2n) is 11.9. The molecule has 1 amide bonds. The van der Waals surface area contributed by atoms with Crippen LogP contribution >= 0.6 is 11.3 Å². The molecule has 3 rings (SSSR count). The van der Waals surface area contributed by atoms with Crippen molar-refractivity contribution >= 4 is 23.2 Å². The molecule has 45 heavy (non-hydrogen) atoms. The number of carbonyl (C=O) groups is 2. The third-order valence-electron chi connectivity index (χ3n) is 7.35. The van der Waals surface area contributed by atoms with Gasteiger partial charge in [0.05, 0.1) is 6.61 Å². The first-order valence-electron chi connectivity index (χ1n) is 15.4. The molecular weight excluding hydrogens is 589 g/mol. The van der Waals surface area contributed by atoms with E-state index in [0.717, 1.165) is 29.7 Å². The molecule has 0 bridgehead atoms. The van der Waals surface area contributed by atoms with Crippen molar-refractivity contribution in [2.45, 2.75) is 79.2 Å². The lowest BCUT2D eigenvalue weighted by Crippen LogP contribution is -2.42. The number of aromatic nitrogens is 2. The van der Waals surface area contributed by atoms with E-state index in [4.69, 9.17) is 4.74 Å². The fourth-order valence-corrected chi connectivity index (χ4v) is 5.19. The van der Waals surface area contributed by atoms with E-state index in [1.165, 1.54) is 36.7 Å². The molecule has 1 aromatic heterocycles. The maximum atomic E-state index is 15.2. The molecule has 0 aliphatic rings. The number of amides is 1. The first kappa shape index (κ1) is 35.4. The van der Waals surface area contributed by atoms with Gasteiger partial charge in [0, 0.05) is 23.1 Å². The predicted molar refractivity (Wildman–Crippen MR) is 180 cm³/mol. The van der Waals surface area contributed by atoms with E-state index in [9.17, 15) is 14.7 Å². The Morgan fingerprint density at radius 1 is 1.04 bits per heavy atom. The number of benzene rings is 2. The largest absolute Gasteiger partial charge is 0.494 e. The normalized spacial score (nSPS) is 12.7. The number of ether oxygens (including phenoxy) is 1. The number of carbonyl (C=O) groups excluding carboxylic acids is 1. The Bertz CT molecular complexity index is 1520. The molecule has 0 saturated carbocycles. The van der Waals surface area contributed by atoms with Crippen LogP contribution in [0.25, 0.3) is 21.1 Å². The van der Waals surface area contributed by atoms with Gasteiger partial charge in [-0.2, -0.15) is 0 Å². The Hall–Kier alpha value is -4.11. The summed E-state index contributed by atoms with van der Waals surface area (Å²) in [7, 11) is 0. The van der Waals surface area contributed by atoms with Crippen LogP contribution in [0.4, 0.5) is 4.39 Å². The van der Waals surface area contributed by atoms with Gasteiger partial charge in [-0.25, -0.2) is 9.18 Å². The molecule has 1 heterocycles. The summed E-state index contributed by atoms with van der Waals surface area (Å²) in [6.07, 6.45) is 10.8. The molecule has 7 nitrogen and oxygen atoms in total. The Kier molecular flexibility index (Phi) is 13.2. The van der Waals surface area contributed by atoms with Gasteiger partial charge in [-0.05, 0) is 72.4 Å². The quantitative estimate of drug-likeness (QED) is 0.0931. The van der Waals surface area contributed by atoms with E-state index in [1.54, 1.807) is 37.3 Å². The van der Waals surface area contributed by atoms with Gasteiger partial charge in [-0.15, -0.1) is 10.2 Å². The second kappa shape index (κ2) is 16.8. The molecule has 0 aliphatic heterocycles. The number of halogens is 1. The number of aliphatic carboxylic acids is 1. The van der Waals surface area contributed by atoms with E-state index < -0.39 is 23.7 Å². The Labute approximate surface area is 269 Å². The van der Waals surface area contributed by atoms with Crippen LogP contribution in [-0.4, -0.2) is 39.8 Å². The Balaban J connectivity index is 1.64. The highest BCUT2D eigenvalue weighted by Crippen LogP contribution is 2.32. The van der Waals surface area contributed by atoms with Crippen molar-refractivity contribution in [3.8, 4) is 26.9 Å². The first-order valence-corrected chi connectivity index (χ1v) is 16.2. The van der Waals surface area contributed by atoms with Crippen molar-refractivity contribution in [1.82, 2.24) is 15.5 Å². The van der Waals surface area contributed by atoms with E-state index in [0.29, 0.717) is 27.8 Å². The molecule has 2 aromatic carbocycles. The van der Waals surface area contributed by atoms with Crippen molar-refractivity contribution < 1.29 is 23.8 Å². The second-order valence-corrected chi connectivity index (χ2v) is 12.9. The third-order valence-corrected chi connectivity index (χ3v) is 8.36. The number of nitrogens with one attached hydrogen (secondary N) is 1. The van der Waals surface area contributed by atoms with Gasteiger partial charge < -0.3 is 15.2 Å². The highest BCUT2D eigenvalue weighted by atomic mass is 32.1. The molecule has 0 radical (unpaired) electrons. The average Bonchev–Trinajstić information content (AvgIpc) is 3.48. The van der Waals surface area contributed by atoms with Crippen molar-refractivity contribution in [1.29, 1.82) is 0 Å². The Morgan fingerprint density at radius 3 is 2.36 bits per heavy atom. The molecule has 0 unspecified atom stereocenters. The standard InChI is InChI=1S/C36H44FN3O4S/c1-7-9-10-11-12-21-44-28-18-16-27(17-19-28)33-39-40-34(45-33)29-20-14-25(22-30(29)37)23-31(35(42)43)38-32(41)26(8-2)15-13-24(3)36(4,5)6/h8,13-20,22,31H,3,7,9-12,21,23H2,1-2,4-6H3,(H,38,41)(H,42,43)/b15-13-,26-8+/t31-/m0/s1. The third kappa shape index (κ3) is 10.8. The van der Waals surface area contributed by atoms with Gasteiger partial charge in [-0.1, -0.05) is 89.5 Å². The number of allylic oxidation sites excluding steroid dienone is 3. The molecule has 1 atom stereocenters. The van der Waals surface area contributed by atoms with Gasteiger partial charge in [0.1, 0.15) is 22.6 Å². The Morgan fingerprint density at radius 2 is 1.73 bits per heavy atom. The molecule has 240 valence electrons. The number of carboxylic acids is 1. The van der Waals surface area contributed by atoms with Crippen LogP contribution < -0.4 is 10.1 Å². The number of hydrogen-bond donors (Lipinski definition) is 2. The molecular formula is C36H44FN3O4S. The van der Waals surface area contributed by atoms with E-state index in [-0.39, 0.29) is 17.4 Å². The van der Waals surface area contributed by atoms with E-state index in [2.05, 4.69) is 29.0 Å². The molecule has 2 N–H and O–H groups in total. The summed E-state index contributed by atoms with van der Waals surface area (Å²) >= 11 is 1.26. The average molecular weight is 634 g/mol. The first-order chi connectivity index (χ1) is 21.4. The maximum Gasteiger partial charge on any atom is 0.326 e. The molecule has 9 heteroatoms. The van der Waals surface area contributed by atoms with Crippen molar-refractivity contribution in [3.63, 3.8) is 0 Å². The van der Waals surface area contributed by atoms with Gasteiger partial charge in [-0.3, -0.25) is 4.79 Å². The molecule has 3 aromatic rings. The zero-order valence-electron chi connectivity index (χ0n) is 26.9. The van der Waals surface area contributed by atoms with Gasteiger partial charge in [0.25, 0.3) is 5.91 Å². The van der Waals surface area contributed by atoms with Crippen LogP contribution in [0, 0.1) is 11.2 Å². The summed E-state index contributed by atoms with van der Waals surface area (Å²) in [4.78, 5) is 24.9. The van der Waals surface area contributed by atoms with Crippen LogP contribution in [-0.2, 0) is 16.0 Å². The van der Waals surface area contributed by atoms with Gasteiger partial charge in [0.2, 0.25) is 0 Å². The number of carboxylic acid groups (broad SMARTS) is 1.